The van der Waals surface area contributed by atoms with Crippen LogP contribution in [0.1, 0.15) is 18.9 Å². The van der Waals surface area contributed by atoms with E-state index in [9.17, 15) is 5.26 Å². The SMILES string of the molecule is C[C@H](C#N)Nc1cc(-n2ncc3cc(C#N)c(N4CC5C[C@@H]4CO5)nc32)ncc1N=[N+]=[N-]. The number of nitrogens with one attached hydrogen (secondary N) is 1. The smallest absolute Gasteiger partial charge is 0.167 e. The van der Waals surface area contributed by atoms with Crippen LogP contribution in [0.5, 0.6) is 0 Å². The predicted octanol–water partition coefficient (Wildman–Crippen LogP) is 2.93. The lowest BCUT2D eigenvalue weighted by Crippen LogP contribution is -2.38. The molecule has 2 aliphatic rings. The molecule has 1 unspecified atom stereocenters. The highest BCUT2D eigenvalue weighted by molar-refractivity contribution is 5.82. The Morgan fingerprint density at radius 3 is 2.94 bits per heavy atom. The van der Waals surface area contributed by atoms with Gasteiger partial charge in [-0.3, -0.25) is 0 Å². The summed E-state index contributed by atoms with van der Waals surface area (Å²) in [6.45, 7) is 3.02. The minimum Gasteiger partial charge on any atom is -0.374 e. The Bertz CT molecular complexity index is 1340. The minimum absolute atomic E-state index is 0.166. The summed E-state index contributed by atoms with van der Waals surface area (Å²) in [5.74, 6) is 1.04. The first-order valence-electron chi connectivity index (χ1n) is 10.00. The maximum Gasteiger partial charge on any atom is 0.167 e. The van der Waals surface area contributed by atoms with E-state index in [1.54, 1.807) is 29.9 Å². The fraction of sp³-hybridized carbons (Fsp3) is 0.350. The topological polar surface area (TPSA) is 164 Å². The molecule has 12 heteroatoms. The van der Waals surface area contributed by atoms with Gasteiger partial charge in [-0.1, -0.05) is 5.11 Å². The van der Waals surface area contributed by atoms with E-state index in [-0.39, 0.29) is 17.8 Å². The number of fused-ring (bicyclic) bond motifs is 3. The van der Waals surface area contributed by atoms with Crippen molar-refractivity contribution in [2.75, 3.05) is 23.4 Å². The summed E-state index contributed by atoms with van der Waals surface area (Å²) in [6, 6.07) is 7.45. The molecule has 0 aromatic carbocycles. The third kappa shape index (κ3) is 3.20. The first kappa shape index (κ1) is 19.6. The summed E-state index contributed by atoms with van der Waals surface area (Å²) < 4.78 is 7.25. The van der Waals surface area contributed by atoms with Gasteiger partial charge in [-0.25, -0.2) is 9.97 Å². The van der Waals surface area contributed by atoms with Gasteiger partial charge >= 0.3 is 0 Å². The van der Waals surface area contributed by atoms with E-state index in [4.69, 9.17) is 20.5 Å². The molecule has 2 aliphatic heterocycles. The quantitative estimate of drug-likeness (QED) is 0.369. The first-order valence-corrected chi connectivity index (χ1v) is 10.00. The van der Waals surface area contributed by atoms with Crippen molar-refractivity contribution in [2.45, 2.75) is 31.5 Å². The van der Waals surface area contributed by atoms with Crippen LogP contribution in [0.25, 0.3) is 27.3 Å². The molecule has 32 heavy (non-hydrogen) atoms. The summed E-state index contributed by atoms with van der Waals surface area (Å²) in [7, 11) is 0. The third-order valence-corrected chi connectivity index (χ3v) is 5.62. The summed E-state index contributed by atoms with van der Waals surface area (Å²) in [4.78, 5) is 14.1. The molecule has 0 spiro atoms. The Balaban J connectivity index is 1.61. The molecule has 158 valence electrons. The molecule has 3 atom stereocenters. The second kappa shape index (κ2) is 7.71. The number of aromatic nitrogens is 4. The van der Waals surface area contributed by atoms with E-state index in [1.165, 1.54) is 6.20 Å². The second-order valence-corrected chi connectivity index (χ2v) is 7.68. The van der Waals surface area contributed by atoms with Gasteiger partial charge in [0.05, 0.1) is 48.0 Å². The van der Waals surface area contributed by atoms with Crippen LogP contribution in [0, 0.1) is 22.7 Å². The number of pyridine rings is 2. The molecule has 12 nitrogen and oxygen atoms in total. The van der Waals surface area contributed by atoms with Crippen LogP contribution in [-0.2, 0) is 4.74 Å². The first-order chi connectivity index (χ1) is 15.6. The highest BCUT2D eigenvalue weighted by Crippen LogP contribution is 2.35. The van der Waals surface area contributed by atoms with Gasteiger partial charge in [-0.05, 0) is 24.9 Å². The average molecular weight is 427 g/mol. The van der Waals surface area contributed by atoms with Crippen LogP contribution < -0.4 is 10.2 Å². The molecule has 0 amide bonds. The van der Waals surface area contributed by atoms with Crippen molar-refractivity contribution in [1.29, 1.82) is 10.5 Å². The van der Waals surface area contributed by atoms with Crippen LogP contribution in [0.4, 0.5) is 17.2 Å². The third-order valence-electron chi connectivity index (χ3n) is 5.62. The summed E-state index contributed by atoms with van der Waals surface area (Å²) in [5.41, 5.74) is 10.6. The van der Waals surface area contributed by atoms with E-state index in [0.717, 1.165) is 6.42 Å². The zero-order chi connectivity index (χ0) is 22.2. The van der Waals surface area contributed by atoms with Crippen molar-refractivity contribution >= 4 is 28.2 Å². The molecule has 0 saturated carbocycles. The van der Waals surface area contributed by atoms with Gasteiger partial charge in [-0.15, -0.1) is 0 Å². The van der Waals surface area contributed by atoms with E-state index in [1.807, 2.05) is 0 Å². The molecular weight excluding hydrogens is 410 g/mol. The lowest BCUT2D eigenvalue weighted by molar-refractivity contribution is 0.0989. The van der Waals surface area contributed by atoms with Gasteiger partial charge < -0.3 is 15.0 Å². The second-order valence-electron chi connectivity index (χ2n) is 7.68. The number of anilines is 2. The van der Waals surface area contributed by atoms with Crippen LogP contribution in [-0.4, -0.2) is 51.1 Å². The van der Waals surface area contributed by atoms with Gasteiger partial charge in [0.2, 0.25) is 0 Å². The Kier molecular flexibility index (Phi) is 4.71. The zero-order valence-electron chi connectivity index (χ0n) is 17.0. The lowest BCUT2D eigenvalue weighted by atomic mass is 10.2. The average Bonchev–Trinajstić information content (AvgIpc) is 3.54. The summed E-state index contributed by atoms with van der Waals surface area (Å²) in [6.07, 6.45) is 4.13. The van der Waals surface area contributed by atoms with E-state index >= 15 is 0 Å². The van der Waals surface area contributed by atoms with Gasteiger partial charge in [-0.2, -0.15) is 20.3 Å². The van der Waals surface area contributed by atoms with E-state index in [0.29, 0.717) is 47.1 Å². The predicted molar refractivity (Wildman–Crippen MR) is 114 cm³/mol. The molecule has 0 radical (unpaired) electrons. The number of azide groups is 1. The van der Waals surface area contributed by atoms with Crippen molar-refractivity contribution in [3.8, 4) is 18.0 Å². The van der Waals surface area contributed by atoms with E-state index in [2.05, 4.69) is 42.5 Å². The molecular formula is C20H17N11O. The number of nitriles is 2. The lowest BCUT2D eigenvalue weighted by Gasteiger charge is -2.28. The molecule has 3 aromatic heterocycles. The fourth-order valence-electron chi connectivity index (χ4n) is 4.14. The van der Waals surface area contributed by atoms with Crippen LogP contribution in [0.3, 0.4) is 0 Å². The molecule has 2 fully saturated rings. The van der Waals surface area contributed by atoms with Crippen molar-refractivity contribution in [3.63, 3.8) is 0 Å². The number of rotatable bonds is 5. The Morgan fingerprint density at radius 1 is 1.38 bits per heavy atom. The van der Waals surface area contributed by atoms with Crippen molar-refractivity contribution in [2.24, 2.45) is 5.11 Å². The molecule has 5 rings (SSSR count). The van der Waals surface area contributed by atoms with Crippen molar-refractivity contribution < 1.29 is 4.74 Å². The number of nitrogens with zero attached hydrogens (tertiary/aromatic N) is 10. The minimum atomic E-state index is -0.511. The molecule has 2 bridgehead atoms. The van der Waals surface area contributed by atoms with Gasteiger partial charge in [0.15, 0.2) is 11.5 Å². The fourth-order valence-corrected chi connectivity index (χ4v) is 4.14. The summed E-state index contributed by atoms with van der Waals surface area (Å²) >= 11 is 0. The highest BCUT2D eigenvalue weighted by atomic mass is 16.5. The number of hydrogen-bond donors (Lipinski definition) is 1. The Labute approximate surface area is 182 Å². The van der Waals surface area contributed by atoms with Crippen molar-refractivity contribution in [3.05, 3.63) is 40.5 Å². The molecule has 5 heterocycles. The molecule has 1 N–H and O–H groups in total. The van der Waals surface area contributed by atoms with Gasteiger partial charge in [0.1, 0.15) is 17.9 Å². The van der Waals surface area contributed by atoms with Crippen molar-refractivity contribution in [1.82, 2.24) is 19.7 Å². The Hall–Kier alpha value is -4.38. The number of morpholine rings is 1. The van der Waals surface area contributed by atoms with Crippen LogP contribution in [0.15, 0.2) is 29.6 Å². The number of hydrogen-bond acceptors (Lipinski definition) is 9. The standard InChI is InChI=1S/C20H17N11O/c1-11(5-21)26-16-4-18(24-8-17(16)28-29-23)31-20-13(7-25-31)2-12(6-22)19(27-20)30-9-15-3-14(30)10-32-15/h2,4,7-8,11,14-15H,3,9-10H2,1H3,(H,24,26)/t11-,14-,15?/m1/s1. The maximum absolute atomic E-state index is 9.70. The van der Waals surface area contributed by atoms with Crippen LogP contribution in [0.2, 0.25) is 0 Å². The molecule has 3 aromatic rings. The largest absolute Gasteiger partial charge is 0.374 e. The number of ether oxygens (including phenoxy) is 1. The maximum atomic E-state index is 9.70. The monoisotopic (exact) mass is 427 g/mol. The molecule has 2 saturated heterocycles. The van der Waals surface area contributed by atoms with Gasteiger partial charge in [0, 0.05) is 29.1 Å². The zero-order valence-corrected chi connectivity index (χ0v) is 17.0. The highest BCUT2D eigenvalue weighted by Gasteiger charge is 2.40. The molecule has 0 aliphatic carbocycles. The van der Waals surface area contributed by atoms with E-state index < -0.39 is 6.04 Å². The van der Waals surface area contributed by atoms with Crippen LogP contribution >= 0.6 is 0 Å². The Morgan fingerprint density at radius 2 is 2.25 bits per heavy atom. The summed E-state index contributed by atoms with van der Waals surface area (Å²) in [5, 5.41) is 30.6. The van der Waals surface area contributed by atoms with Gasteiger partial charge in [0.25, 0.3) is 0 Å². The normalized spacial score (nSPS) is 19.9.